The van der Waals surface area contributed by atoms with Crippen molar-refractivity contribution in [3.8, 4) is 5.75 Å². The van der Waals surface area contributed by atoms with Crippen LogP contribution in [0.3, 0.4) is 0 Å². The molecule has 122 valence electrons. The summed E-state index contributed by atoms with van der Waals surface area (Å²) in [6.45, 7) is 4.67. The number of methoxy groups -OCH3 is 1. The SMILES string of the molecule is CCCC(CC)C(CC1=CCCCC1)c1ccc(OC)cc1. The largest absolute Gasteiger partial charge is 0.497 e. The van der Waals surface area contributed by atoms with Crippen LogP contribution in [0.2, 0.25) is 0 Å². The number of allylic oxidation sites excluding steroid dienone is 2. The molecule has 0 amide bonds. The van der Waals surface area contributed by atoms with Gasteiger partial charge in [0.2, 0.25) is 0 Å². The lowest BCUT2D eigenvalue weighted by atomic mass is 9.76. The fourth-order valence-electron chi connectivity index (χ4n) is 3.84. The van der Waals surface area contributed by atoms with E-state index in [1.165, 1.54) is 56.9 Å². The van der Waals surface area contributed by atoms with Crippen molar-refractivity contribution >= 4 is 0 Å². The molecule has 1 nitrogen and oxygen atoms in total. The van der Waals surface area contributed by atoms with E-state index in [-0.39, 0.29) is 0 Å². The van der Waals surface area contributed by atoms with Gasteiger partial charge < -0.3 is 4.74 Å². The van der Waals surface area contributed by atoms with E-state index in [1.807, 2.05) is 0 Å². The Labute approximate surface area is 136 Å². The Kier molecular flexibility index (Phi) is 7.02. The first-order valence-electron chi connectivity index (χ1n) is 9.10. The second-order valence-electron chi connectivity index (χ2n) is 6.65. The van der Waals surface area contributed by atoms with E-state index in [9.17, 15) is 0 Å². The number of benzene rings is 1. The molecule has 22 heavy (non-hydrogen) atoms. The van der Waals surface area contributed by atoms with Crippen molar-refractivity contribution in [1.82, 2.24) is 0 Å². The molecule has 1 aromatic rings. The fraction of sp³-hybridized carbons (Fsp3) is 0.619. The topological polar surface area (TPSA) is 9.23 Å². The van der Waals surface area contributed by atoms with Gasteiger partial charge in [0, 0.05) is 0 Å². The Morgan fingerprint density at radius 1 is 1.09 bits per heavy atom. The molecule has 0 saturated heterocycles. The summed E-state index contributed by atoms with van der Waals surface area (Å²) in [5.74, 6) is 2.42. The third kappa shape index (κ3) is 4.63. The molecule has 2 atom stereocenters. The van der Waals surface area contributed by atoms with Gasteiger partial charge in [0.15, 0.2) is 0 Å². The summed E-state index contributed by atoms with van der Waals surface area (Å²) < 4.78 is 5.32. The molecule has 1 aliphatic rings. The second-order valence-corrected chi connectivity index (χ2v) is 6.65. The highest BCUT2D eigenvalue weighted by molar-refractivity contribution is 5.31. The standard InChI is InChI=1S/C21H32O/c1-4-9-18(5-2)21(16-17-10-7-6-8-11-17)19-12-14-20(22-3)15-13-19/h10,12-15,18,21H,4-9,11,16H2,1-3H3. The maximum atomic E-state index is 5.32. The monoisotopic (exact) mass is 300 g/mol. The van der Waals surface area contributed by atoms with Gasteiger partial charge >= 0.3 is 0 Å². The molecule has 0 aliphatic heterocycles. The highest BCUT2D eigenvalue weighted by Gasteiger charge is 2.23. The van der Waals surface area contributed by atoms with E-state index >= 15 is 0 Å². The summed E-state index contributed by atoms with van der Waals surface area (Å²) in [6.07, 6.45) is 13.0. The van der Waals surface area contributed by atoms with Gasteiger partial charge in [0.1, 0.15) is 5.75 Å². The van der Waals surface area contributed by atoms with Gasteiger partial charge in [-0.15, -0.1) is 0 Å². The summed E-state index contributed by atoms with van der Waals surface area (Å²) in [7, 11) is 1.74. The zero-order valence-corrected chi connectivity index (χ0v) is 14.6. The van der Waals surface area contributed by atoms with E-state index in [0.717, 1.165) is 11.7 Å². The van der Waals surface area contributed by atoms with Gasteiger partial charge in [-0.1, -0.05) is 56.9 Å². The first-order chi connectivity index (χ1) is 10.8. The summed E-state index contributed by atoms with van der Waals surface area (Å²) >= 11 is 0. The smallest absolute Gasteiger partial charge is 0.118 e. The molecule has 2 rings (SSSR count). The normalized spacial score (nSPS) is 17.7. The number of rotatable bonds is 8. The Bertz CT molecular complexity index is 457. The molecule has 0 saturated carbocycles. The van der Waals surface area contributed by atoms with Crippen molar-refractivity contribution in [3.05, 3.63) is 41.5 Å². The Morgan fingerprint density at radius 3 is 2.41 bits per heavy atom. The maximum absolute atomic E-state index is 5.32. The Morgan fingerprint density at radius 2 is 1.86 bits per heavy atom. The summed E-state index contributed by atoms with van der Waals surface area (Å²) in [5, 5.41) is 0. The molecule has 0 N–H and O–H groups in total. The van der Waals surface area contributed by atoms with E-state index in [2.05, 4.69) is 44.2 Å². The molecule has 0 aromatic heterocycles. The molecule has 0 heterocycles. The van der Waals surface area contributed by atoms with E-state index in [0.29, 0.717) is 5.92 Å². The van der Waals surface area contributed by atoms with Crippen LogP contribution in [0.1, 0.15) is 76.7 Å². The zero-order valence-electron chi connectivity index (χ0n) is 14.6. The van der Waals surface area contributed by atoms with Crippen molar-refractivity contribution in [3.63, 3.8) is 0 Å². The van der Waals surface area contributed by atoms with Gasteiger partial charge in [-0.25, -0.2) is 0 Å². The minimum absolute atomic E-state index is 0.667. The average molecular weight is 300 g/mol. The molecule has 1 aliphatic carbocycles. The van der Waals surface area contributed by atoms with Crippen molar-refractivity contribution in [1.29, 1.82) is 0 Å². The van der Waals surface area contributed by atoms with Crippen molar-refractivity contribution in [2.75, 3.05) is 7.11 Å². The molecule has 0 spiro atoms. The number of hydrogen-bond acceptors (Lipinski definition) is 1. The Balaban J connectivity index is 2.20. The highest BCUT2D eigenvalue weighted by atomic mass is 16.5. The van der Waals surface area contributed by atoms with Crippen LogP contribution in [0, 0.1) is 5.92 Å². The van der Waals surface area contributed by atoms with Crippen molar-refractivity contribution in [2.24, 2.45) is 5.92 Å². The van der Waals surface area contributed by atoms with Crippen molar-refractivity contribution in [2.45, 2.75) is 71.1 Å². The van der Waals surface area contributed by atoms with E-state index in [1.54, 1.807) is 12.7 Å². The predicted octanol–water partition coefficient (Wildman–Crippen LogP) is 6.50. The molecule has 2 unspecified atom stereocenters. The quantitative estimate of drug-likeness (QED) is 0.498. The third-order valence-electron chi connectivity index (χ3n) is 5.16. The lowest BCUT2D eigenvalue weighted by Gasteiger charge is -2.29. The van der Waals surface area contributed by atoms with E-state index < -0.39 is 0 Å². The molecular weight excluding hydrogens is 268 g/mol. The lowest BCUT2D eigenvalue weighted by molar-refractivity contribution is 0.371. The van der Waals surface area contributed by atoms with Gasteiger partial charge in [0.05, 0.1) is 7.11 Å². The minimum atomic E-state index is 0.667. The van der Waals surface area contributed by atoms with Crippen molar-refractivity contribution < 1.29 is 4.74 Å². The Hall–Kier alpha value is -1.24. The van der Waals surface area contributed by atoms with Crippen LogP contribution < -0.4 is 4.74 Å². The second kappa shape index (κ2) is 9.02. The molecule has 1 aromatic carbocycles. The van der Waals surface area contributed by atoms with Gasteiger partial charge in [-0.05, 0) is 61.6 Å². The summed E-state index contributed by atoms with van der Waals surface area (Å²) in [5.41, 5.74) is 3.19. The minimum Gasteiger partial charge on any atom is -0.497 e. The van der Waals surface area contributed by atoms with Gasteiger partial charge in [-0.2, -0.15) is 0 Å². The predicted molar refractivity (Wildman–Crippen MR) is 95.6 cm³/mol. The van der Waals surface area contributed by atoms with Gasteiger partial charge in [0.25, 0.3) is 0 Å². The average Bonchev–Trinajstić information content (AvgIpc) is 2.59. The summed E-state index contributed by atoms with van der Waals surface area (Å²) in [6, 6.07) is 8.81. The van der Waals surface area contributed by atoms with Crippen LogP contribution >= 0.6 is 0 Å². The molecular formula is C21H32O. The van der Waals surface area contributed by atoms with Crippen LogP contribution in [0.25, 0.3) is 0 Å². The highest BCUT2D eigenvalue weighted by Crippen LogP contribution is 2.38. The number of hydrogen-bond donors (Lipinski definition) is 0. The third-order valence-corrected chi connectivity index (χ3v) is 5.16. The zero-order chi connectivity index (χ0) is 15.8. The van der Waals surface area contributed by atoms with Crippen LogP contribution in [0.4, 0.5) is 0 Å². The van der Waals surface area contributed by atoms with Crippen LogP contribution in [-0.4, -0.2) is 7.11 Å². The van der Waals surface area contributed by atoms with Crippen LogP contribution in [0.15, 0.2) is 35.9 Å². The lowest BCUT2D eigenvalue weighted by Crippen LogP contribution is -2.14. The number of ether oxygens (including phenoxy) is 1. The molecule has 0 fully saturated rings. The molecule has 1 heteroatoms. The van der Waals surface area contributed by atoms with Crippen LogP contribution in [0.5, 0.6) is 5.75 Å². The first-order valence-corrected chi connectivity index (χ1v) is 9.10. The molecule has 0 radical (unpaired) electrons. The van der Waals surface area contributed by atoms with Gasteiger partial charge in [-0.3, -0.25) is 0 Å². The van der Waals surface area contributed by atoms with E-state index in [4.69, 9.17) is 4.74 Å². The fourth-order valence-corrected chi connectivity index (χ4v) is 3.84. The summed E-state index contributed by atoms with van der Waals surface area (Å²) in [4.78, 5) is 0. The first kappa shape index (κ1) is 17.1. The molecule has 0 bridgehead atoms. The van der Waals surface area contributed by atoms with Crippen LogP contribution in [-0.2, 0) is 0 Å². The maximum Gasteiger partial charge on any atom is 0.118 e.